The summed E-state index contributed by atoms with van der Waals surface area (Å²) in [6, 6.07) is 6.79. The molecule has 0 spiro atoms. The first kappa shape index (κ1) is 12.2. The van der Waals surface area contributed by atoms with Gasteiger partial charge in [0.2, 0.25) is 0 Å². The summed E-state index contributed by atoms with van der Waals surface area (Å²) in [7, 11) is 4.10. The van der Waals surface area contributed by atoms with Gasteiger partial charge in [0.05, 0.1) is 16.4 Å². The van der Waals surface area contributed by atoms with Crippen LogP contribution in [0, 0.1) is 11.8 Å². The van der Waals surface area contributed by atoms with E-state index in [1.54, 1.807) is 0 Å². The predicted octanol–water partition coefficient (Wildman–Crippen LogP) is 4.01. The van der Waals surface area contributed by atoms with Gasteiger partial charge in [-0.15, -0.1) is 0 Å². The van der Waals surface area contributed by atoms with E-state index in [4.69, 9.17) is 11.6 Å². The van der Waals surface area contributed by atoms with Gasteiger partial charge in [0.25, 0.3) is 0 Å². The molecule has 3 unspecified atom stereocenters. The van der Waals surface area contributed by atoms with E-state index in [0.717, 1.165) is 22.5 Å². The van der Waals surface area contributed by atoms with Crippen molar-refractivity contribution in [1.29, 1.82) is 0 Å². The van der Waals surface area contributed by atoms with Crippen LogP contribution < -0.4 is 10.2 Å². The smallest absolute Gasteiger partial charge is 0.0786 e. The highest BCUT2D eigenvalue weighted by Crippen LogP contribution is 2.50. The maximum absolute atomic E-state index is 6.31. The summed E-state index contributed by atoms with van der Waals surface area (Å²) in [6.07, 6.45) is 5.55. The van der Waals surface area contributed by atoms with Gasteiger partial charge in [0, 0.05) is 20.1 Å². The second-order valence-electron chi connectivity index (χ2n) is 5.87. The molecule has 1 aromatic carbocycles. The first-order chi connectivity index (χ1) is 8.66. The summed E-state index contributed by atoms with van der Waals surface area (Å²) in [5.41, 5.74) is 2.30. The number of anilines is 2. The van der Waals surface area contributed by atoms with Crippen LogP contribution in [0.5, 0.6) is 0 Å². The van der Waals surface area contributed by atoms with E-state index in [1.807, 2.05) is 26.2 Å². The molecule has 2 aliphatic carbocycles. The van der Waals surface area contributed by atoms with E-state index in [-0.39, 0.29) is 0 Å². The summed E-state index contributed by atoms with van der Waals surface area (Å²) in [5, 5.41) is 4.56. The number of hydrogen-bond donors (Lipinski definition) is 1. The van der Waals surface area contributed by atoms with Crippen molar-refractivity contribution in [2.75, 3.05) is 24.3 Å². The Labute approximate surface area is 114 Å². The molecule has 1 aromatic rings. The topological polar surface area (TPSA) is 15.3 Å². The first-order valence-electron chi connectivity index (χ1n) is 6.89. The second-order valence-corrected chi connectivity index (χ2v) is 6.28. The fourth-order valence-corrected chi connectivity index (χ4v) is 3.72. The molecule has 2 aliphatic rings. The van der Waals surface area contributed by atoms with Crippen LogP contribution >= 0.6 is 11.6 Å². The van der Waals surface area contributed by atoms with Gasteiger partial charge in [-0.1, -0.05) is 30.5 Å². The molecule has 0 aliphatic heterocycles. The molecule has 0 saturated heterocycles. The van der Waals surface area contributed by atoms with E-state index in [2.05, 4.69) is 16.3 Å². The summed E-state index contributed by atoms with van der Waals surface area (Å²) in [6.45, 7) is 0. The molecule has 2 nitrogen and oxygen atoms in total. The first-order valence-corrected chi connectivity index (χ1v) is 7.27. The molecular weight excluding hydrogens is 244 g/mol. The van der Waals surface area contributed by atoms with Crippen molar-refractivity contribution in [2.45, 2.75) is 31.7 Å². The lowest BCUT2D eigenvalue weighted by molar-refractivity contribution is 0.440. The average Bonchev–Trinajstić information content (AvgIpc) is 3.08. The summed E-state index contributed by atoms with van der Waals surface area (Å²) < 4.78 is 0. The normalized spacial score (nSPS) is 29.6. The van der Waals surface area contributed by atoms with Crippen molar-refractivity contribution >= 4 is 23.0 Å². The lowest BCUT2D eigenvalue weighted by Crippen LogP contribution is -2.26. The Morgan fingerprint density at radius 2 is 2.11 bits per heavy atom. The molecule has 0 radical (unpaired) electrons. The number of halogens is 1. The lowest BCUT2D eigenvalue weighted by atomic mass is 9.95. The van der Waals surface area contributed by atoms with E-state index < -0.39 is 0 Å². The van der Waals surface area contributed by atoms with Crippen molar-refractivity contribution in [3.05, 3.63) is 23.2 Å². The molecule has 3 heteroatoms. The zero-order valence-corrected chi connectivity index (χ0v) is 11.9. The van der Waals surface area contributed by atoms with Crippen molar-refractivity contribution < 1.29 is 0 Å². The molecule has 2 fully saturated rings. The third kappa shape index (κ3) is 2.18. The molecule has 18 heavy (non-hydrogen) atoms. The SMILES string of the molecule is CN(C)c1c(Cl)cccc1NC1CCCC2CC21. The number of nitrogens with one attached hydrogen (secondary N) is 1. The van der Waals surface area contributed by atoms with Gasteiger partial charge in [-0.2, -0.15) is 0 Å². The Bertz CT molecular complexity index is 444. The quantitative estimate of drug-likeness (QED) is 0.888. The number of fused-ring (bicyclic) bond motifs is 1. The van der Waals surface area contributed by atoms with Crippen LogP contribution in [0.2, 0.25) is 5.02 Å². The maximum atomic E-state index is 6.31. The minimum Gasteiger partial charge on any atom is -0.380 e. The van der Waals surface area contributed by atoms with Crippen LogP contribution in [0.15, 0.2) is 18.2 Å². The highest BCUT2D eigenvalue weighted by molar-refractivity contribution is 6.34. The van der Waals surface area contributed by atoms with Crippen LogP contribution in [0.1, 0.15) is 25.7 Å². The minimum absolute atomic E-state index is 0.654. The zero-order chi connectivity index (χ0) is 12.7. The Morgan fingerprint density at radius 1 is 1.28 bits per heavy atom. The van der Waals surface area contributed by atoms with Crippen LogP contribution in [-0.2, 0) is 0 Å². The lowest BCUT2D eigenvalue weighted by Gasteiger charge is -2.27. The molecule has 2 saturated carbocycles. The Hall–Kier alpha value is -0.890. The Morgan fingerprint density at radius 3 is 2.89 bits per heavy atom. The summed E-state index contributed by atoms with van der Waals surface area (Å²) in [4.78, 5) is 2.10. The van der Waals surface area contributed by atoms with Crippen molar-refractivity contribution in [1.82, 2.24) is 0 Å². The number of nitrogens with zero attached hydrogens (tertiary/aromatic N) is 1. The fraction of sp³-hybridized carbons (Fsp3) is 0.600. The van der Waals surface area contributed by atoms with Gasteiger partial charge in [-0.25, -0.2) is 0 Å². The predicted molar refractivity (Wildman–Crippen MR) is 78.6 cm³/mol. The molecule has 3 atom stereocenters. The van der Waals surface area contributed by atoms with Gasteiger partial charge in [-0.3, -0.25) is 0 Å². The summed E-state index contributed by atoms with van der Waals surface area (Å²) in [5.74, 6) is 1.91. The third-order valence-corrected chi connectivity index (χ3v) is 4.66. The van der Waals surface area contributed by atoms with Gasteiger partial charge in [0.1, 0.15) is 0 Å². The van der Waals surface area contributed by atoms with Crippen molar-refractivity contribution in [3.63, 3.8) is 0 Å². The highest BCUT2D eigenvalue weighted by Gasteiger charge is 2.45. The van der Waals surface area contributed by atoms with Gasteiger partial charge in [-0.05, 0) is 36.8 Å². The van der Waals surface area contributed by atoms with E-state index in [9.17, 15) is 0 Å². The molecule has 0 bridgehead atoms. The van der Waals surface area contributed by atoms with E-state index >= 15 is 0 Å². The average molecular weight is 265 g/mol. The van der Waals surface area contributed by atoms with Crippen LogP contribution in [0.25, 0.3) is 0 Å². The third-order valence-electron chi connectivity index (χ3n) is 4.36. The fourth-order valence-electron chi connectivity index (χ4n) is 3.38. The Balaban J connectivity index is 1.81. The van der Waals surface area contributed by atoms with Crippen LogP contribution in [0.3, 0.4) is 0 Å². The van der Waals surface area contributed by atoms with E-state index in [0.29, 0.717) is 6.04 Å². The van der Waals surface area contributed by atoms with Gasteiger partial charge < -0.3 is 10.2 Å². The maximum Gasteiger partial charge on any atom is 0.0786 e. The van der Waals surface area contributed by atoms with E-state index in [1.165, 1.54) is 31.4 Å². The molecule has 0 heterocycles. The molecule has 3 rings (SSSR count). The summed E-state index contributed by atoms with van der Waals surface area (Å²) >= 11 is 6.31. The molecule has 0 amide bonds. The number of benzene rings is 1. The largest absolute Gasteiger partial charge is 0.380 e. The number of rotatable bonds is 3. The molecule has 1 N–H and O–H groups in total. The zero-order valence-electron chi connectivity index (χ0n) is 11.1. The van der Waals surface area contributed by atoms with Gasteiger partial charge >= 0.3 is 0 Å². The number of hydrogen-bond acceptors (Lipinski definition) is 2. The highest BCUT2D eigenvalue weighted by atomic mass is 35.5. The van der Waals surface area contributed by atoms with Crippen molar-refractivity contribution in [2.24, 2.45) is 11.8 Å². The van der Waals surface area contributed by atoms with Crippen LogP contribution in [-0.4, -0.2) is 20.1 Å². The molecule has 98 valence electrons. The van der Waals surface area contributed by atoms with Crippen molar-refractivity contribution in [3.8, 4) is 0 Å². The van der Waals surface area contributed by atoms with Crippen LogP contribution in [0.4, 0.5) is 11.4 Å². The molecule has 0 aromatic heterocycles. The number of para-hydroxylation sites is 1. The molecular formula is C15H21ClN2. The monoisotopic (exact) mass is 264 g/mol. The van der Waals surface area contributed by atoms with Gasteiger partial charge in [0.15, 0.2) is 0 Å². The second kappa shape index (κ2) is 4.65. The Kier molecular flexibility index (Phi) is 3.14. The minimum atomic E-state index is 0.654. The standard InChI is InChI=1S/C15H21ClN2/c1-18(2)15-12(16)6-4-8-14(15)17-13-7-3-5-10-9-11(10)13/h4,6,8,10-11,13,17H,3,5,7,9H2,1-2H3.